The Labute approximate surface area is 152 Å². The van der Waals surface area contributed by atoms with Crippen LogP contribution in [0.2, 0.25) is 0 Å². The summed E-state index contributed by atoms with van der Waals surface area (Å²) in [4.78, 5) is 25.1. The molecule has 7 heteroatoms. The molecule has 3 nitrogen and oxygen atoms in total. The highest BCUT2D eigenvalue weighted by Crippen LogP contribution is 2.72. The zero-order valence-electron chi connectivity index (χ0n) is 14.1. The zero-order chi connectivity index (χ0) is 18.8. The second-order valence-corrected chi connectivity index (χ2v) is 8.57. The monoisotopic (exact) mass is 417 g/mol. The number of carbonyl (C=O) groups excluding carboxylic acids is 2. The molecule has 0 radical (unpaired) electrons. The second-order valence-electron chi connectivity index (χ2n) is 7.65. The van der Waals surface area contributed by atoms with Crippen molar-refractivity contribution in [3.8, 4) is 0 Å². The van der Waals surface area contributed by atoms with Gasteiger partial charge in [0.15, 0.2) is 5.78 Å². The average Bonchev–Trinajstić information content (AvgIpc) is 2.79. The maximum Gasteiger partial charge on any atom is 0.418 e. The molecule has 1 amide bonds. The summed E-state index contributed by atoms with van der Waals surface area (Å²) in [6.07, 6.45) is -3.56. The van der Waals surface area contributed by atoms with E-state index in [1.807, 2.05) is 20.8 Å². The summed E-state index contributed by atoms with van der Waals surface area (Å²) in [5.74, 6) is -0.589. The van der Waals surface area contributed by atoms with E-state index in [1.165, 1.54) is 18.2 Å². The number of carbonyl (C=O) groups is 2. The van der Waals surface area contributed by atoms with Gasteiger partial charge in [0.05, 0.1) is 21.5 Å². The Morgan fingerprint density at radius 2 is 1.80 bits per heavy atom. The van der Waals surface area contributed by atoms with Crippen LogP contribution in [0.3, 0.4) is 0 Å². The normalized spacial score (nSPS) is 33.6. The molecule has 0 saturated heterocycles. The summed E-state index contributed by atoms with van der Waals surface area (Å²) in [7, 11) is 0. The molecule has 2 bridgehead atoms. The minimum absolute atomic E-state index is 0.0528. The second kappa shape index (κ2) is 5.32. The fraction of sp³-hybridized carbons (Fsp3) is 0.556. The van der Waals surface area contributed by atoms with E-state index in [2.05, 4.69) is 21.2 Å². The van der Waals surface area contributed by atoms with E-state index in [4.69, 9.17) is 0 Å². The lowest BCUT2D eigenvalue weighted by Gasteiger charge is -2.39. The van der Waals surface area contributed by atoms with Crippen molar-refractivity contribution in [2.24, 2.45) is 16.2 Å². The third kappa shape index (κ3) is 2.17. The van der Waals surface area contributed by atoms with Crippen molar-refractivity contribution in [3.05, 3.63) is 29.8 Å². The van der Waals surface area contributed by atoms with Crippen LogP contribution in [0.25, 0.3) is 0 Å². The summed E-state index contributed by atoms with van der Waals surface area (Å²) in [5.41, 5.74) is -3.58. The number of rotatable bonds is 2. The molecular formula is C18H19BrF3NO2. The molecular weight excluding hydrogens is 399 g/mol. The fourth-order valence-corrected chi connectivity index (χ4v) is 6.04. The number of anilines is 1. The van der Waals surface area contributed by atoms with Crippen LogP contribution >= 0.6 is 15.9 Å². The van der Waals surface area contributed by atoms with Crippen molar-refractivity contribution >= 4 is 33.3 Å². The molecule has 136 valence electrons. The standard InChI is InChI=1S/C18H19BrF3NO2/c1-15(2)16(3)8-9-17(15,12(19)13(16)24)14(25)23-11-7-5-4-6-10(11)18(20,21)22/h4-7,12H,8-9H2,1-3H3,(H,23,25)/t12-,16-,17-/m1/s1. The van der Waals surface area contributed by atoms with Gasteiger partial charge in [-0.25, -0.2) is 0 Å². The molecule has 3 rings (SSSR count). The van der Waals surface area contributed by atoms with Crippen molar-refractivity contribution in [3.63, 3.8) is 0 Å². The van der Waals surface area contributed by atoms with Crippen molar-refractivity contribution in [2.75, 3.05) is 5.32 Å². The SMILES string of the molecule is CC1(C)[C@]2(C(=O)Nc3ccccc3C(F)(F)F)CC[C@]1(C)C(=O)[C@H]2Br. The number of Topliss-reactive ketones (excluding diaryl/α,β-unsaturated/α-hetero) is 1. The van der Waals surface area contributed by atoms with E-state index in [0.29, 0.717) is 12.8 Å². The molecule has 2 saturated carbocycles. The third-order valence-corrected chi connectivity index (χ3v) is 7.80. The van der Waals surface area contributed by atoms with Crippen molar-refractivity contribution in [1.29, 1.82) is 0 Å². The minimum Gasteiger partial charge on any atom is -0.325 e. The van der Waals surface area contributed by atoms with Crippen molar-refractivity contribution in [2.45, 2.75) is 44.6 Å². The Bertz CT molecular complexity index is 761. The van der Waals surface area contributed by atoms with Gasteiger partial charge in [0.2, 0.25) is 5.91 Å². The highest BCUT2D eigenvalue weighted by Gasteiger charge is 2.76. The number of nitrogens with one attached hydrogen (secondary N) is 1. The minimum atomic E-state index is -4.57. The van der Waals surface area contributed by atoms with Gasteiger partial charge >= 0.3 is 6.18 Å². The predicted molar refractivity (Wildman–Crippen MR) is 91.4 cm³/mol. The van der Waals surface area contributed by atoms with E-state index >= 15 is 0 Å². The van der Waals surface area contributed by atoms with E-state index < -0.39 is 38.7 Å². The number of hydrogen-bond donors (Lipinski definition) is 1. The molecule has 0 aromatic heterocycles. The Hall–Kier alpha value is -1.37. The lowest BCUT2D eigenvalue weighted by atomic mass is 9.64. The van der Waals surface area contributed by atoms with Crippen LogP contribution in [0.5, 0.6) is 0 Å². The Kier molecular flexibility index (Phi) is 3.92. The number of fused-ring (bicyclic) bond motifs is 2. The van der Waals surface area contributed by atoms with Gasteiger partial charge in [-0.15, -0.1) is 0 Å². The highest BCUT2D eigenvalue weighted by molar-refractivity contribution is 9.10. The Balaban J connectivity index is 2.02. The molecule has 3 atom stereocenters. The lowest BCUT2D eigenvalue weighted by Crippen LogP contribution is -2.48. The quantitative estimate of drug-likeness (QED) is 0.702. The highest BCUT2D eigenvalue weighted by atomic mass is 79.9. The number of ketones is 1. The molecule has 0 heterocycles. The van der Waals surface area contributed by atoms with Crippen LogP contribution in [-0.2, 0) is 15.8 Å². The lowest BCUT2D eigenvalue weighted by molar-refractivity contribution is -0.137. The topological polar surface area (TPSA) is 46.2 Å². The van der Waals surface area contributed by atoms with Gasteiger partial charge in [-0.2, -0.15) is 13.2 Å². The number of halogens is 4. The van der Waals surface area contributed by atoms with E-state index in [9.17, 15) is 22.8 Å². The van der Waals surface area contributed by atoms with Crippen LogP contribution in [0.4, 0.5) is 18.9 Å². The van der Waals surface area contributed by atoms with Crippen LogP contribution in [-0.4, -0.2) is 16.5 Å². The number of benzene rings is 1. The number of para-hydroxylation sites is 1. The first-order valence-corrected chi connectivity index (χ1v) is 8.97. The molecule has 0 spiro atoms. The van der Waals surface area contributed by atoms with Crippen LogP contribution < -0.4 is 5.32 Å². The van der Waals surface area contributed by atoms with Gasteiger partial charge in [-0.05, 0) is 30.4 Å². The van der Waals surface area contributed by atoms with Crippen LogP contribution in [0.15, 0.2) is 24.3 Å². The zero-order valence-corrected chi connectivity index (χ0v) is 15.7. The summed E-state index contributed by atoms with van der Waals surface area (Å²) in [6.45, 7) is 5.55. The first-order chi connectivity index (χ1) is 11.4. The van der Waals surface area contributed by atoms with Gasteiger partial charge in [0, 0.05) is 5.41 Å². The molecule has 1 aromatic rings. The maximum atomic E-state index is 13.2. The van der Waals surface area contributed by atoms with Crippen LogP contribution in [0.1, 0.15) is 39.2 Å². The Morgan fingerprint density at radius 1 is 1.20 bits per heavy atom. The molecule has 2 aliphatic carbocycles. The van der Waals surface area contributed by atoms with E-state index in [1.54, 1.807) is 0 Å². The number of hydrogen-bond acceptors (Lipinski definition) is 2. The van der Waals surface area contributed by atoms with Gasteiger partial charge < -0.3 is 5.32 Å². The van der Waals surface area contributed by atoms with Crippen molar-refractivity contribution < 1.29 is 22.8 Å². The average molecular weight is 418 g/mol. The number of amides is 1. The van der Waals surface area contributed by atoms with Crippen LogP contribution in [0, 0.1) is 16.2 Å². The third-order valence-electron chi connectivity index (χ3n) is 6.61. The first kappa shape index (κ1) is 18.4. The van der Waals surface area contributed by atoms with E-state index in [0.717, 1.165) is 6.07 Å². The molecule has 2 fully saturated rings. The maximum absolute atomic E-state index is 13.2. The summed E-state index contributed by atoms with van der Waals surface area (Å²) in [5, 5.41) is 2.46. The van der Waals surface area contributed by atoms with E-state index in [-0.39, 0.29) is 11.5 Å². The molecule has 25 heavy (non-hydrogen) atoms. The van der Waals surface area contributed by atoms with Gasteiger partial charge in [0.1, 0.15) is 0 Å². The van der Waals surface area contributed by atoms with Gasteiger partial charge in [-0.1, -0.05) is 48.8 Å². The Morgan fingerprint density at radius 3 is 2.32 bits per heavy atom. The first-order valence-electron chi connectivity index (χ1n) is 8.06. The fourth-order valence-electron chi connectivity index (χ4n) is 4.53. The largest absolute Gasteiger partial charge is 0.418 e. The molecule has 1 N–H and O–H groups in total. The summed E-state index contributed by atoms with van der Waals surface area (Å²) < 4.78 is 39.6. The summed E-state index contributed by atoms with van der Waals surface area (Å²) >= 11 is 3.37. The number of alkyl halides is 4. The van der Waals surface area contributed by atoms with Crippen molar-refractivity contribution in [1.82, 2.24) is 0 Å². The smallest absolute Gasteiger partial charge is 0.325 e. The predicted octanol–water partition coefficient (Wildman–Crippen LogP) is 4.80. The van der Waals surface area contributed by atoms with Gasteiger partial charge in [0.25, 0.3) is 0 Å². The molecule has 2 aliphatic rings. The molecule has 1 aromatic carbocycles. The van der Waals surface area contributed by atoms with Gasteiger partial charge in [-0.3, -0.25) is 9.59 Å². The summed E-state index contributed by atoms with van der Waals surface area (Å²) in [6, 6.07) is 4.89. The molecule has 0 aliphatic heterocycles. The molecule has 0 unspecified atom stereocenters.